The predicted molar refractivity (Wildman–Crippen MR) is 54.9 cm³/mol. The van der Waals surface area contributed by atoms with E-state index in [9.17, 15) is 0 Å². The fraction of sp³-hybridized carbons (Fsp3) is 0.545. The summed E-state index contributed by atoms with van der Waals surface area (Å²) in [5.74, 6) is 1.10. The van der Waals surface area contributed by atoms with Crippen molar-refractivity contribution in [1.29, 1.82) is 0 Å². The second-order valence-corrected chi connectivity index (χ2v) is 4.16. The Morgan fingerprint density at radius 2 is 2.29 bits per heavy atom. The molecule has 0 saturated heterocycles. The molecule has 0 aliphatic heterocycles. The standard InChI is InChI=1S/C11H16N2O/c1-8-4-10(5-8)12-6-9-2-3-11(14)7-13-9/h2-3,7-8,10,12,14H,4-6H2,1H3. The molecule has 1 fully saturated rings. The number of aromatic nitrogens is 1. The Bertz CT molecular complexity index is 291. The minimum absolute atomic E-state index is 0.228. The molecular formula is C11H16N2O. The van der Waals surface area contributed by atoms with Crippen molar-refractivity contribution in [2.24, 2.45) is 5.92 Å². The van der Waals surface area contributed by atoms with E-state index >= 15 is 0 Å². The first-order valence-corrected chi connectivity index (χ1v) is 5.11. The summed E-state index contributed by atoms with van der Waals surface area (Å²) in [6.07, 6.45) is 4.04. The number of hydrogen-bond donors (Lipinski definition) is 2. The van der Waals surface area contributed by atoms with Gasteiger partial charge in [-0.15, -0.1) is 0 Å². The summed E-state index contributed by atoms with van der Waals surface area (Å²) < 4.78 is 0. The Balaban J connectivity index is 1.78. The molecule has 0 radical (unpaired) electrons. The van der Waals surface area contributed by atoms with E-state index in [4.69, 9.17) is 5.11 Å². The number of rotatable bonds is 3. The third kappa shape index (κ3) is 2.23. The van der Waals surface area contributed by atoms with Crippen LogP contribution in [0.2, 0.25) is 0 Å². The number of aromatic hydroxyl groups is 1. The molecule has 1 aliphatic carbocycles. The molecule has 1 aromatic rings. The van der Waals surface area contributed by atoms with Gasteiger partial charge in [-0.1, -0.05) is 6.92 Å². The van der Waals surface area contributed by atoms with Crippen LogP contribution in [0, 0.1) is 5.92 Å². The molecule has 0 unspecified atom stereocenters. The van der Waals surface area contributed by atoms with Crippen LogP contribution >= 0.6 is 0 Å². The first-order chi connectivity index (χ1) is 6.74. The summed E-state index contributed by atoms with van der Waals surface area (Å²) in [5, 5.41) is 12.5. The fourth-order valence-electron chi connectivity index (χ4n) is 1.84. The van der Waals surface area contributed by atoms with Crippen LogP contribution in [-0.2, 0) is 6.54 Å². The van der Waals surface area contributed by atoms with E-state index < -0.39 is 0 Å². The van der Waals surface area contributed by atoms with Gasteiger partial charge in [0.05, 0.1) is 11.9 Å². The lowest BCUT2D eigenvalue weighted by Gasteiger charge is -2.33. The van der Waals surface area contributed by atoms with Crippen molar-refractivity contribution in [3.8, 4) is 5.75 Å². The maximum Gasteiger partial charge on any atom is 0.133 e. The zero-order chi connectivity index (χ0) is 9.97. The predicted octanol–water partition coefficient (Wildman–Crippen LogP) is 1.68. The third-order valence-electron chi connectivity index (χ3n) is 2.75. The third-order valence-corrected chi connectivity index (χ3v) is 2.75. The van der Waals surface area contributed by atoms with Crippen LogP contribution in [0.4, 0.5) is 0 Å². The van der Waals surface area contributed by atoms with E-state index in [0.717, 1.165) is 18.2 Å². The van der Waals surface area contributed by atoms with Gasteiger partial charge in [0.15, 0.2) is 0 Å². The highest BCUT2D eigenvalue weighted by atomic mass is 16.3. The van der Waals surface area contributed by atoms with Crippen LogP contribution in [0.15, 0.2) is 18.3 Å². The first-order valence-electron chi connectivity index (χ1n) is 5.11. The van der Waals surface area contributed by atoms with Gasteiger partial charge >= 0.3 is 0 Å². The smallest absolute Gasteiger partial charge is 0.133 e. The zero-order valence-electron chi connectivity index (χ0n) is 8.40. The monoisotopic (exact) mass is 192 g/mol. The van der Waals surface area contributed by atoms with Gasteiger partial charge < -0.3 is 10.4 Å². The van der Waals surface area contributed by atoms with Gasteiger partial charge in [-0.05, 0) is 30.9 Å². The second-order valence-electron chi connectivity index (χ2n) is 4.16. The summed E-state index contributed by atoms with van der Waals surface area (Å²) in [7, 11) is 0. The van der Waals surface area contributed by atoms with Crippen LogP contribution in [-0.4, -0.2) is 16.1 Å². The largest absolute Gasteiger partial charge is 0.506 e. The molecule has 76 valence electrons. The molecule has 0 amide bonds. The van der Waals surface area contributed by atoms with E-state index in [2.05, 4.69) is 17.2 Å². The topological polar surface area (TPSA) is 45.1 Å². The Morgan fingerprint density at radius 3 is 2.86 bits per heavy atom. The first kappa shape index (κ1) is 9.46. The molecule has 3 nitrogen and oxygen atoms in total. The molecule has 3 heteroatoms. The normalized spacial score (nSPS) is 25.8. The quantitative estimate of drug-likeness (QED) is 0.765. The summed E-state index contributed by atoms with van der Waals surface area (Å²) in [6, 6.07) is 4.19. The lowest BCUT2D eigenvalue weighted by Crippen LogP contribution is -2.39. The van der Waals surface area contributed by atoms with Crippen LogP contribution in [0.3, 0.4) is 0 Å². The summed E-state index contributed by atoms with van der Waals surface area (Å²) >= 11 is 0. The molecule has 1 heterocycles. The van der Waals surface area contributed by atoms with Gasteiger partial charge in [-0.3, -0.25) is 4.98 Å². The Hall–Kier alpha value is -1.09. The van der Waals surface area contributed by atoms with Crippen molar-refractivity contribution in [3.05, 3.63) is 24.0 Å². The fourth-order valence-corrected chi connectivity index (χ4v) is 1.84. The Morgan fingerprint density at radius 1 is 1.50 bits per heavy atom. The minimum atomic E-state index is 0.228. The lowest BCUT2D eigenvalue weighted by atomic mass is 9.82. The average molecular weight is 192 g/mol. The van der Waals surface area contributed by atoms with Gasteiger partial charge in [0.25, 0.3) is 0 Å². The van der Waals surface area contributed by atoms with Crippen LogP contribution < -0.4 is 5.32 Å². The molecule has 0 spiro atoms. The average Bonchev–Trinajstić information content (AvgIpc) is 2.13. The molecule has 1 aromatic heterocycles. The molecule has 0 aromatic carbocycles. The lowest BCUT2D eigenvalue weighted by molar-refractivity contribution is 0.239. The van der Waals surface area contributed by atoms with Crippen LogP contribution in [0.1, 0.15) is 25.5 Å². The Kier molecular flexibility index (Phi) is 2.68. The van der Waals surface area contributed by atoms with Crippen molar-refractivity contribution in [1.82, 2.24) is 10.3 Å². The maximum absolute atomic E-state index is 9.04. The van der Waals surface area contributed by atoms with Crippen molar-refractivity contribution in [2.45, 2.75) is 32.4 Å². The van der Waals surface area contributed by atoms with Crippen molar-refractivity contribution < 1.29 is 5.11 Å². The van der Waals surface area contributed by atoms with E-state index in [1.165, 1.54) is 19.0 Å². The van der Waals surface area contributed by atoms with Crippen LogP contribution in [0.5, 0.6) is 5.75 Å². The molecule has 0 bridgehead atoms. The highest BCUT2D eigenvalue weighted by Crippen LogP contribution is 2.26. The minimum Gasteiger partial charge on any atom is -0.506 e. The summed E-state index contributed by atoms with van der Waals surface area (Å²) in [5.41, 5.74) is 0.988. The molecule has 1 aliphatic rings. The van der Waals surface area contributed by atoms with Crippen molar-refractivity contribution in [2.75, 3.05) is 0 Å². The van der Waals surface area contributed by atoms with Crippen molar-refractivity contribution >= 4 is 0 Å². The summed E-state index contributed by atoms with van der Waals surface area (Å²) in [6.45, 7) is 3.08. The highest BCUT2D eigenvalue weighted by Gasteiger charge is 2.24. The van der Waals surface area contributed by atoms with E-state index in [1.807, 2.05) is 6.07 Å². The molecular weight excluding hydrogens is 176 g/mol. The van der Waals surface area contributed by atoms with Crippen LogP contribution in [0.25, 0.3) is 0 Å². The van der Waals surface area contributed by atoms with E-state index in [-0.39, 0.29) is 5.75 Å². The van der Waals surface area contributed by atoms with Crippen molar-refractivity contribution in [3.63, 3.8) is 0 Å². The highest BCUT2D eigenvalue weighted by molar-refractivity contribution is 5.17. The number of nitrogens with zero attached hydrogens (tertiary/aromatic N) is 1. The zero-order valence-corrected chi connectivity index (χ0v) is 8.40. The molecule has 14 heavy (non-hydrogen) atoms. The van der Waals surface area contributed by atoms with Gasteiger partial charge in [0.1, 0.15) is 5.75 Å². The van der Waals surface area contributed by atoms with E-state index in [1.54, 1.807) is 6.07 Å². The number of pyridine rings is 1. The number of hydrogen-bond acceptors (Lipinski definition) is 3. The molecule has 1 saturated carbocycles. The molecule has 0 atom stereocenters. The van der Waals surface area contributed by atoms with Gasteiger partial charge in [0, 0.05) is 12.6 Å². The molecule has 2 rings (SSSR count). The molecule has 2 N–H and O–H groups in total. The van der Waals surface area contributed by atoms with E-state index in [0.29, 0.717) is 6.04 Å². The summed E-state index contributed by atoms with van der Waals surface area (Å²) in [4.78, 5) is 4.12. The van der Waals surface area contributed by atoms with Gasteiger partial charge in [0.2, 0.25) is 0 Å². The SMILES string of the molecule is CC1CC(NCc2ccc(O)cn2)C1. The second kappa shape index (κ2) is 3.96. The number of nitrogens with one attached hydrogen (secondary N) is 1. The van der Waals surface area contributed by atoms with Gasteiger partial charge in [-0.2, -0.15) is 0 Å². The Labute approximate surface area is 84.2 Å². The van der Waals surface area contributed by atoms with Gasteiger partial charge in [-0.25, -0.2) is 0 Å². The maximum atomic E-state index is 9.04.